The van der Waals surface area contributed by atoms with Crippen molar-refractivity contribution in [3.63, 3.8) is 0 Å². The van der Waals surface area contributed by atoms with E-state index in [0.717, 1.165) is 11.4 Å². The van der Waals surface area contributed by atoms with Gasteiger partial charge in [-0.2, -0.15) is 0 Å². The lowest BCUT2D eigenvalue weighted by Gasteiger charge is -2.45. The molecule has 0 fully saturated rings. The van der Waals surface area contributed by atoms with E-state index in [1.165, 1.54) is 161 Å². The molecule has 15 rings (SSSR count). The van der Waals surface area contributed by atoms with Crippen LogP contribution in [0.25, 0.3) is 77.2 Å². The third kappa shape index (κ3) is 9.39. The molecule has 0 bridgehead atoms. The van der Waals surface area contributed by atoms with E-state index in [1.807, 2.05) is 0 Å². The summed E-state index contributed by atoms with van der Waals surface area (Å²) in [4.78, 5) is 5.28. The first-order valence-electron chi connectivity index (χ1n) is 32.9. The Morgan fingerprint density at radius 3 is 0.879 bits per heavy atom. The normalized spacial score (nSPS) is 13.4. The zero-order valence-electron chi connectivity index (χ0n) is 56.1. The van der Waals surface area contributed by atoms with Crippen molar-refractivity contribution in [3.8, 4) is 33.6 Å². The Morgan fingerprint density at radius 1 is 0.275 bits per heavy atom. The maximum Gasteiger partial charge on any atom is 0.252 e. The van der Waals surface area contributed by atoms with Crippen LogP contribution in [0.1, 0.15) is 128 Å². The van der Waals surface area contributed by atoms with E-state index in [0.29, 0.717) is 0 Å². The molecule has 0 spiro atoms. The summed E-state index contributed by atoms with van der Waals surface area (Å²) in [6.45, 7) is 37.1. The van der Waals surface area contributed by atoms with Gasteiger partial charge in [0.15, 0.2) is 0 Å². The van der Waals surface area contributed by atoms with Crippen molar-refractivity contribution in [1.29, 1.82) is 0 Å². The Bertz CT molecular complexity index is 4630. The second-order valence-corrected chi connectivity index (χ2v) is 30.5. The molecule has 5 heteroatoms. The molecule has 4 nitrogen and oxygen atoms in total. The van der Waals surface area contributed by atoms with E-state index >= 15 is 0 Å². The molecule has 0 amide bonds. The molecule has 2 aliphatic heterocycles. The molecule has 2 aromatic heterocycles. The number of nitrogens with zero attached hydrogens (tertiary/aromatic N) is 4. The molecule has 91 heavy (non-hydrogen) atoms. The minimum absolute atomic E-state index is 0.0139. The average molecular weight is 1180 g/mol. The van der Waals surface area contributed by atoms with E-state index in [4.69, 9.17) is 0 Å². The molecule has 0 saturated heterocycles. The van der Waals surface area contributed by atoms with Gasteiger partial charge < -0.3 is 18.9 Å². The number of fused-ring (bicyclic) bond motifs is 10. The van der Waals surface area contributed by atoms with Crippen LogP contribution in [0.4, 0.5) is 34.1 Å². The van der Waals surface area contributed by atoms with E-state index in [2.05, 4.69) is 342 Å². The molecule has 0 N–H and O–H groups in total. The Kier molecular flexibility index (Phi) is 13.2. The fraction of sp³-hybridized carbons (Fsp3) is 0.233. The van der Waals surface area contributed by atoms with Gasteiger partial charge in [-0.05, 0) is 242 Å². The average Bonchev–Trinajstić information content (AvgIpc) is 1.23. The van der Waals surface area contributed by atoms with E-state index < -0.39 is 0 Å². The number of hydrogen-bond donors (Lipinski definition) is 0. The van der Waals surface area contributed by atoms with Crippen molar-refractivity contribution < 1.29 is 0 Å². The summed E-state index contributed by atoms with van der Waals surface area (Å²) < 4.78 is 5.08. The van der Waals surface area contributed by atoms with Crippen LogP contribution >= 0.6 is 0 Å². The second kappa shape index (κ2) is 20.6. The number of anilines is 6. The van der Waals surface area contributed by atoms with E-state index in [9.17, 15) is 0 Å². The summed E-state index contributed by atoms with van der Waals surface area (Å²) in [6, 6.07) is 82.2. The monoisotopic (exact) mass is 1180 g/mol. The number of benzene rings is 11. The smallest absolute Gasteiger partial charge is 0.252 e. The third-order valence-electron chi connectivity index (χ3n) is 20.1. The molecule has 450 valence electrons. The van der Waals surface area contributed by atoms with Crippen LogP contribution in [0.2, 0.25) is 0 Å². The molecule has 0 unspecified atom stereocenters. The molecule has 13 aromatic rings. The van der Waals surface area contributed by atoms with Crippen LogP contribution in [0.3, 0.4) is 0 Å². The van der Waals surface area contributed by atoms with Crippen molar-refractivity contribution in [2.24, 2.45) is 0 Å². The fourth-order valence-electron chi connectivity index (χ4n) is 15.3. The predicted octanol–water partition coefficient (Wildman–Crippen LogP) is 21.7. The first-order valence-corrected chi connectivity index (χ1v) is 32.9. The molecule has 0 aliphatic carbocycles. The lowest BCUT2D eigenvalue weighted by molar-refractivity contribution is 0.590. The minimum Gasteiger partial charge on any atom is -0.311 e. The van der Waals surface area contributed by atoms with Crippen LogP contribution in [0.15, 0.2) is 212 Å². The Labute approximate surface area is 539 Å². The van der Waals surface area contributed by atoms with Crippen LogP contribution < -0.4 is 26.2 Å². The number of hydrogen-bond acceptors (Lipinski definition) is 2. The highest BCUT2D eigenvalue weighted by Crippen LogP contribution is 2.50. The van der Waals surface area contributed by atoms with E-state index in [1.54, 1.807) is 0 Å². The van der Waals surface area contributed by atoms with Crippen LogP contribution in [0, 0.1) is 27.7 Å². The van der Waals surface area contributed by atoms with Gasteiger partial charge in [-0.1, -0.05) is 186 Å². The zero-order valence-corrected chi connectivity index (χ0v) is 56.1. The first-order chi connectivity index (χ1) is 43.3. The third-order valence-corrected chi connectivity index (χ3v) is 20.1. The number of aromatic nitrogens is 2. The Morgan fingerprint density at radius 2 is 0.582 bits per heavy atom. The van der Waals surface area contributed by atoms with Crippen molar-refractivity contribution in [1.82, 2.24) is 9.13 Å². The fourth-order valence-corrected chi connectivity index (χ4v) is 15.3. The lowest BCUT2D eigenvalue weighted by atomic mass is 9.33. The van der Waals surface area contributed by atoms with Crippen LogP contribution in [-0.2, 0) is 21.7 Å². The van der Waals surface area contributed by atoms with Gasteiger partial charge in [0.2, 0.25) is 0 Å². The van der Waals surface area contributed by atoms with Gasteiger partial charge in [-0.25, -0.2) is 0 Å². The highest BCUT2D eigenvalue weighted by molar-refractivity contribution is 7.00. The van der Waals surface area contributed by atoms with Crippen LogP contribution in [0.5, 0.6) is 0 Å². The number of rotatable bonds is 6. The number of aryl methyl sites for hydroxylation is 4. The highest BCUT2D eigenvalue weighted by atomic mass is 15.2. The molecule has 4 heterocycles. The summed E-state index contributed by atoms with van der Waals surface area (Å²) in [6.07, 6.45) is 0. The molecule has 0 radical (unpaired) electrons. The summed E-state index contributed by atoms with van der Waals surface area (Å²) in [5.74, 6) is 0. The van der Waals surface area contributed by atoms with Crippen molar-refractivity contribution >= 4 is 101 Å². The minimum atomic E-state index is -0.108. The predicted molar refractivity (Wildman–Crippen MR) is 394 cm³/mol. The van der Waals surface area contributed by atoms with Gasteiger partial charge in [0.05, 0.1) is 33.4 Å². The lowest BCUT2D eigenvalue weighted by Crippen LogP contribution is -2.61. The summed E-state index contributed by atoms with van der Waals surface area (Å²) in [7, 11) is 0. The molecule has 0 atom stereocenters. The summed E-state index contributed by atoms with van der Waals surface area (Å²) in [5.41, 5.74) is 33.2. The van der Waals surface area contributed by atoms with Gasteiger partial charge >= 0.3 is 0 Å². The van der Waals surface area contributed by atoms with Crippen molar-refractivity contribution in [2.75, 3.05) is 9.80 Å². The molecule has 2 aliphatic rings. The molecular weight excluding hydrogens is 1100 g/mol. The zero-order chi connectivity index (χ0) is 63.5. The van der Waals surface area contributed by atoms with Gasteiger partial charge in [0.1, 0.15) is 0 Å². The topological polar surface area (TPSA) is 16.3 Å². The van der Waals surface area contributed by atoms with Gasteiger partial charge in [-0.3, -0.25) is 0 Å². The van der Waals surface area contributed by atoms with Crippen molar-refractivity contribution in [2.45, 2.75) is 132 Å². The standard InChI is InChI=1S/C86H83BN4/c1-52-42-58(56-24-19-17-20-25-56)43-53(2)81(52)90-76-28-23-29-77-80(76)87(70-36-34-64(50-78(70)90)88-72-38-30-60(83(5,6)7)46-66(72)67-47-61(84(8,9)10)31-39-73(67)88)71-37-35-65(51-79(71)91(77)82-54(3)44-59(45-55(82)4)57-26-21-18-22-27-57)89-74-40-32-62(85(11,12)13)48-68(74)69-49-63(86(14,15)16)33-41-75(69)89/h17-51H,1-16H3. The Balaban J connectivity index is 1.02. The maximum absolute atomic E-state index is 2.64. The highest BCUT2D eigenvalue weighted by Gasteiger charge is 2.45. The SMILES string of the molecule is Cc1cc(-c2ccccc2)cc(C)c1N1c2cc(-n3c4ccc(C(C)(C)C)cc4c4cc(C(C)(C)C)ccc43)ccc2B2c3ccc(-n4c5ccc(C(C)(C)C)cc5c5cc(C(C)(C)C)ccc54)cc3N(c3c(C)cc(-c4ccccc4)cc3C)c3cccc1c32. The summed E-state index contributed by atoms with van der Waals surface area (Å²) >= 11 is 0. The van der Waals surface area contributed by atoms with Gasteiger partial charge in [0, 0.05) is 55.7 Å². The summed E-state index contributed by atoms with van der Waals surface area (Å²) in [5, 5.41) is 5.14. The van der Waals surface area contributed by atoms with Crippen LogP contribution in [-0.4, -0.2) is 15.8 Å². The molecular formula is C86H83BN4. The molecule has 11 aromatic carbocycles. The largest absolute Gasteiger partial charge is 0.311 e. The van der Waals surface area contributed by atoms with E-state index in [-0.39, 0.29) is 28.4 Å². The molecule has 0 saturated carbocycles. The second-order valence-electron chi connectivity index (χ2n) is 30.5. The Hall–Kier alpha value is -9.32. The van der Waals surface area contributed by atoms with Gasteiger partial charge in [-0.15, -0.1) is 0 Å². The maximum atomic E-state index is 2.64. The van der Waals surface area contributed by atoms with Gasteiger partial charge in [0.25, 0.3) is 6.71 Å². The van der Waals surface area contributed by atoms with Crippen molar-refractivity contribution in [3.05, 3.63) is 257 Å². The quantitative estimate of drug-likeness (QED) is 0.154. The first kappa shape index (κ1) is 58.1.